The molecule has 0 spiro atoms. The fraction of sp³-hybridized carbons (Fsp3) is 0.200. The quantitative estimate of drug-likeness (QED) is 0.618. The topological polar surface area (TPSA) is 50.1 Å². The molecule has 1 rings (SSSR count). The van der Waals surface area contributed by atoms with Crippen LogP contribution in [0.2, 0.25) is 5.02 Å². The minimum atomic E-state index is -4.52. The molecule has 96 valence electrons. The first kappa shape index (κ1) is 14.7. The van der Waals surface area contributed by atoms with Gasteiger partial charge in [-0.3, -0.25) is 0 Å². The van der Waals surface area contributed by atoms with Crippen molar-refractivity contribution in [2.24, 2.45) is 0 Å². The maximum atomic E-state index is 12.2. The zero-order valence-corrected chi connectivity index (χ0v) is 10.4. The molecule has 0 atom stereocenters. The van der Waals surface area contributed by atoms with E-state index in [1.54, 1.807) is 6.07 Å². The van der Waals surface area contributed by atoms with E-state index in [0.29, 0.717) is 0 Å². The first-order valence-electron chi connectivity index (χ1n) is 4.36. The van der Waals surface area contributed by atoms with Gasteiger partial charge in [0, 0.05) is 4.90 Å². The Hall–Kier alpha value is -1.39. The van der Waals surface area contributed by atoms with Gasteiger partial charge >= 0.3 is 11.5 Å². The molecule has 0 aromatic heterocycles. The molecule has 0 aliphatic heterocycles. The molecule has 0 unspecified atom stereocenters. The van der Waals surface area contributed by atoms with Crippen molar-refractivity contribution in [1.82, 2.24) is 0 Å². The minimum absolute atomic E-state index is 0.216. The number of nitriles is 1. The summed E-state index contributed by atoms with van der Waals surface area (Å²) >= 11 is 5.28. The van der Waals surface area contributed by atoms with Gasteiger partial charge in [-0.25, -0.2) is 4.79 Å². The molecule has 18 heavy (non-hydrogen) atoms. The van der Waals surface area contributed by atoms with Crippen molar-refractivity contribution in [3.63, 3.8) is 0 Å². The van der Waals surface area contributed by atoms with Crippen LogP contribution in [0.4, 0.5) is 13.2 Å². The highest BCUT2D eigenvalue weighted by molar-refractivity contribution is 8.00. The number of ether oxygens (including phenoxy) is 1. The van der Waals surface area contributed by atoms with Crippen molar-refractivity contribution < 1.29 is 22.7 Å². The highest BCUT2D eigenvalue weighted by atomic mass is 35.5. The summed E-state index contributed by atoms with van der Waals surface area (Å²) in [6.07, 6.45) is 0. The Bertz CT molecular complexity index is 525. The summed E-state index contributed by atoms with van der Waals surface area (Å²) in [7, 11) is 1.06. The third-order valence-electron chi connectivity index (χ3n) is 1.81. The van der Waals surface area contributed by atoms with Gasteiger partial charge in [-0.15, -0.1) is 0 Å². The number of alkyl halides is 3. The second kappa shape index (κ2) is 5.50. The van der Waals surface area contributed by atoms with Gasteiger partial charge in [0.15, 0.2) is 0 Å². The predicted octanol–water partition coefficient (Wildman–Crippen LogP) is 3.61. The molecule has 0 fully saturated rings. The van der Waals surface area contributed by atoms with E-state index in [2.05, 4.69) is 4.74 Å². The Kier molecular flexibility index (Phi) is 4.48. The Morgan fingerprint density at radius 1 is 1.50 bits per heavy atom. The van der Waals surface area contributed by atoms with Crippen LogP contribution in [0.5, 0.6) is 0 Å². The van der Waals surface area contributed by atoms with Crippen LogP contribution in [-0.2, 0) is 4.74 Å². The van der Waals surface area contributed by atoms with E-state index in [9.17, 15) is 18.0 Å². The average Bonchev–Trinajstić information content (AvgIpc) is 2.28. The standard InChI is InChI=1S/C10H5ClF3NO2S/c1-17-9(16)7-3-6(18-10(12,13)14)2-5(4-15)8(7)11/h2-3H,1H3. The lowest BCUT2D eigenvalue weighted by atomic mass is 10.1. The second-order valence-corrected chi connectivity index (χ2v) is 4.50. The lowest BCUT2D eigenvalue weighted by Crippen LogP contribution is -2.05. The third-order valence-corrected chi connectivity index (χ3v) is 2.92. The SMILES string of the molecule is COC(=O)c1cc(SC(F)(F)F)cc(C#N)c1Cl. The molecule has 0 bridgehead atoms. The molecule has 1 aromatic carbocycles. The molecule has 0 N–H and O–H groups in total. The van der Waals surface area contributed by atoms with Crippen molar-refractivity contribution in [1.29, 1.82) is 5.26 Å². The molecule has 1 aromatic rings. The van der Waals surface area contributed by atoms with E-state index >= 15 is 0 Å². The van der Waals surface area contributed by atoms with Gasteiger partial charge in [0.2, 0.25) is 0 Å². The Balaban J connectivity index is 3.32. The number of carbonyl (C=O) groups is 1. The van der Waals surface area contributed by atoms with Crippen LogP contribution in [0.3, 0.4) is 0 Å². The number of rotatable bonds is 2. The van der Waals surface area contributed by atoms with Gasteiger partial charge < -0.3 is 4.74 Å². The molecular formula is C10H5ClF3NO2S. The summed E-state index contributed by atoms with van der Waals surface area (Å²) < 4.78 is 41.0. The maximum absolute atomic E-state index is 12.2. The molecular weight excluding hydrogens is 291 g/mol. The van der Waals surface area contributed by atoms with Gasteiger partial charge in [-0.2, -0.15) is 18.4 Å². The second-order valence-electron chi connectivity index (χ2n) is 2.98. The van der Waals surface area contributed by atoms with Crippen LogP contribution >= 0.6 is 23.4 Å². The number of hydrogen-bond acceptors (Lipinski definition) is 4. The number of esters is 1. The highest BCUT2D eigenvalue weighted by Gasteiger charge is 2.30. The van der Waals surface area contributed by atoms with Crippen molar-refractivity contribution >= 4 is 29.3 Å². The molecule has 0 radical (unpaired) electrons. The number of halogens is 4. The summed E-state index contributed by atoms with van der Waals surface area (Å²) in [4.78, 5) is 11.0. The molecule has 0 aliphatic carbocycles. The van der Waals surface area contributed by atoms with Gasteiger partial charge in [-0.05, 0) is 23.9 Å². The summed E-state index contributed by atoms with van der Waals surface area (Å²) in [5.41, 5.74) is -5.01. The monoisotopic (exact) mass is 295 g/mol. The molecule has 0 saturated heterocycles. The number of hydrogen-bond donors (Lipinski definition) is 0. The Morgan fingerprint density at radius 2 is 2.11 bits per heavy atom. The van der Waals surface area contributed by atoms with Crippen molar-refractivity contribution in [2.75, 3.05) is 7.11 Å². The molecule has 0 saturated carbocycles. The van der Waals surface area contributed by atoms with Gasteiger partial charge in [0.25, 0.3) is 0 Å². The fourth-order valence-electron chi connectivity index (χ4n) is 1.13. The van der Waals surface area contributed by atoms with E-state index in [-0.39, 0.29) is 21.0 Å². The Labute approximate surface area is 109 Å². The van der Waals surface area contributed by atoms with Crippen molar-refractivity contribution in [3.05, 3.63) is 28.3 Å². The van der Waals surface area contributed by atoms with Crippen molar-refractivity contribution in [3.8, 4) is 6.07 Å². The third kappa shape index (κ3) is 3.55. The van der Waals surface area contributed by atoms with Crippen LogP contribution < -0.4 is 0 Å². The zero-order valence-electron chi connectivity index (χ0n) is 8.84. The lowest BCUT2D eigenvalue weighted by molar-refractivity contribution is -0.0328. The first-order chi connectivity index (χ1) is 8.28. The summed E-state index contributed by atoms with van der Waals surface area (Å²) in [6, 6.07) is 3.52. The fourth-order valence-corrected chi connectivity index (χ4v) is 1.98. The average molecular weight is 296 g/mol. The number of benzene rings is 1. The molecule has 0 amide bonds. The zero-order chi connectivity index (χ0) is 13.9. The van der Waals surface area contributed by atoms with E-state index in [0.717, 1.165) is 19.2 Å². The van der Waals surface area contributed by atoms with Crippen LogP contribution in [0.1, 0.15) is 15.9 Å². The van der Waals surface area contributed by atoms with E-state index in [1.807, 2.05) is 0 Å². The number of nitrogens with zero attached hydrogens (tertiary/aromatic N) is 1. The van der Waals surface area contributed by atoms with Crippen molar-refractivity contribution in [2.45, 2.75) is 10.4 Å². The predicted molar refractivity (Wildman–Crippen MR) is 59.4 cm³/mol. The molecule has 0 heterocycles. The molecule has 3 nitrogen and oxygen atoms in total. The number of carbonyl (C=O) groups excluding carboxylic acids is 1. The normalized spacial score (nSPS) is 10.9. The smallest absolute Gasteiger partial charge is 0.446 e. The Morgan fingerprint density at radius 3 is 2.56 bits per heavy atom. The largest absolute Gasteiger partial charge is 0.465 e. The van der Waals surface area contributed by atoms with Crippen LogP contribution in [0.15, 0.2) is 17.0 Å². The van der Waals surface area contributed by atoms with E-state index in [4.69, 9.17) is 16.9 Å². The lowest BCUT2D eigenvalue weighted by Gasteiger charge is -2.09. The summed E-state index contributed by atoms with van der Waals surface area (Å²) in [5, 5.41) is 8.52. The summed E-state index contributed by atoms with van der Waals surface area (Å²) in [6.45, 7) is 0. The minimum Gasteiger partial charge on any atom is -0.465 e. The number of thioether (sulfide) groups is 1. The maximum Gasteiger partial charge on any atom is 0.446 e. The van der Waals surface area contributed by atoms with Gasteiger partial charge in [-0.1, -0.05) is 11.6 Å². The van der Waals surface area contributed by atoms with E-state index in [1.165, 1.54) is 0 Å². The highest BCUT2D eigenvalue weighted by Crippen LogP contribution is 2.39. The first-order valence-corrected chi connectivity index (χ1v) is 5.55. The van der Waals surface area contributed by atoms with Gasteiger partial charge in [0.05, 0.1) is 23.3 Å². The number of methoxy groups -OCH3 is 1. The molecule has 8 heteroatoms. The molecule has 0 aliphatic rings. The van der Waals surface area contributed by atoms with Crippen LogP contribution in [-0.4, -0.2) is 18.6 Å². The van der Waals surface area contributed by atoms with E-state index < -0.39 is 23.2 Å². The van der Waals surface area contributed by atoms with Crippen LogP contribution in [0.25, 0.3) is 0 Å². The van der Waals surface area contributed by atoms with Gasteiger partial charge in [0.1, 0.15) is 6.07 Å². The summed E-state index contributed by atoms with van der Waals surface area (Å²) in [5.74, 6) is -0.902. The van der Waals surface area contributed by atoms with Crippen LogP contribution in [0, 0.1) is 11.3 Å².